The molecule has 0 unspecified atom stereocenters. The lowest BCUT2D eigenvalue weighted by atomic mass is 10.1. The van der Waals surface area contributed by atoms with Crippen LogP contribution in [0.3, 0.4) is 0 Å². The highest BCUT2D eigenvalue weighted by molar-refractivity contribution is 7.98. The van der Waals surface area contributed by atoms with Gasteiger partial charge in [-0.3, -0.25) is 9.59 Å². The fourth-order valence-corrected chi connectivity index (χ4v) is 2.19. The topological polar surface area (TPSA) is 87.7 Å². The number of anilines is 1. The van der Waals surface area contributed by atoms with Crippen LogP contribution in [0.5, 0.6) is 0 Å². The Morgan fingerprint density at radius 3 is 2.62 bits per heavy atom. The predicted octanol–water partition coefficient (Wildman–Crippen LogP) is 0.861. The number of ether oxygens (including phenoxy) is 1. The van der Waals surface area contributed by atoms with E-state index in [0.29, 0.717) is 5.69 Å². The van der Waals surface area contributed by atoms with Crippen molar-refractivity contribution >= 4 is 29.3 Å². The number of para-hydroxylation sites is 1. The Morgan fingerprint density at radius 2 is 2.00 bits per heavy atom. The molecule has 3 N–H and O–H groups in total. The van der Waals surface area contributed by atoms with Crippen molar-refractivity contribution in [2.45, 2.75) is 17.4 Å². The van der Waals surface area contributed by atoms with Crippen LogP contribution in [0.1, 0.15) is 6.92 Å². The van der Waals surface area contributed by atoms with E-state index >= 15 is 0 Å². The van der Waals surface area contributed by atoms with Gasteiger partial charge >= 0.3 is 11.8 Å². The molecule has 1 atom stereocenters. The number of carbonyl (C=O) groups is 2. The highest BCUT2D eigenvalue weighted by Gasteiger charge is 2.23. The number of hydrogen-bond donors (Lipinski definition) is 3. The van der Waals surface area contributed by atoms with Gasteiger partial charge < -0.3 is 20.5 Å². The summed E-state index contributed by atoms with van der Waals surface area (Å²) in [6.45, 7) is 1.50. The number of carbonyl (C=O) groups excluding carboxylic acids is 2. The largest absolute Gasteiger partial charge is 0.386 e. The normalized spacial score (nSPS) is 13.3. The average molecular weight is 312 g/mol. The molecule has 6 nitrogen and oxygen atoms in total. The van der Waals surface area contributed by atoms with E-state index in [1.807, 2.05) is 18.4 Å². The van der Waals surface area contributed by atoms with Gasteiger partial charge in [-0.25, -0.2) is 0 Å². The number of aliphatic hydroxyl groups is 1. The van der Waals surface area contributed by atoms with Gasteiger partial charge in [0.1, 0.15) is 5.60 Å². The number of thioether (sulfide) groups is 1. The van der Waals surface area contributed by atoms with Crippen molar-refractivity contribution < 1.29 is 19.4 Å². The van der Waals surface area contributed by atoms with Crippen molar-refractivity contribution in [2.24, 2.45) is 0 Å². The summed E-state index contributed by atoms with van der Waals surface area (Å²) in [5, 5.41) is 14.8. The van der Waals surface area contributed by atoms with Crippen molar-refractivity contribution in [1.29, 1.82) is 0 Å². The molecule has 0 aliphatic heterocycles. The fourth-order valence-electron chi connectivity index (χ4n) is 1.64. The standard InChI is InChI=1S/C14H20N2O4S/c1-14(19,9-20-2)8-15-12(17)13(18)16-10-6-4-5-7-11(10)21-3/h4-7,19H,8-9H2,1-3H3,(H,15,17)(H,16,18)/t14-/m0/s1. The second-order valence-electron chi connectivity index (χ2n) is 4.77. The molecule has 0 radical (unpaired) electrons. The van der Waals surface area contributed by atoms with E-state index in [-0.39, 0.29) is 13.2 Å². The number of nitrogens with one attached hydrogen (secondary N) is 2. The van der Waals surface area contributed by atoms with E-state index in [4.69, 9.17) is 4.74 Å². The van der Waals surface area contributed by atoms with Gasteiger partial charge in [-0.1, -0.05) is 12.1 Å². The molecular weight excluding hydrogens is 292 g/mol. The van der Waals surface area contributed by atoms with E-state index in [1.165, 1.54) is 25.8 Å². The minimum atomic E-state index is -1.22. The summed E-state index contributed by atoms with van der Waals surface area (Å²) >= 11 is 1.47. The minimum absolute atomic E-state index is 0.0597. The van der Waals surface area contributed by atoms with Crippen molar-refractivity contribution in [3.8, 4) is 0 Å². The first-order chi connectivity index (χ1) is 9.89. The highest BCUT2D eigenvalue weighted by atomic mass is 32.2. The molecule has 116 valence electrons. The Hall–Kier alpha value is -1.57. The maximum absolute atomic E-state index is 11.8. The smallest absolute Gasteiger partial charge is 0.313 e. The lowest BCUT2D eigenvalue weighted by molar-refractivity contribution is -0.137. The van der Waals surface area contributed by atoms with Gasteiger partial charge in [-0.05, 0) is 25.3 Å². The van der Waals surface area contributed by atoms with Crippen LogP contribution < -0.4 is 10.6 Å². The Balaban J connectivity index is 2.57. The first-order valence-corrected chi connectivity index (χ1v) is 7.55. The molecular formula is C14H20N2O4S. The second-order valence-corrected chi connectivity index (χ2v) is 5.62. The summed E-state index contributed by atoms with van der Waals surface area (Å²) in [5.74, 6) is -1.58. The molecule has 1 aromatic carbocycles. The zero-order valence-electron chi connectivity index (χ0n) is 12.3. The summed E-state index contributed by atoms with van der Waals surface area (Å²) in [6, 6.07) is 7.19. The first-order valence-electron chi connectivity index (χ1n) is 6.33. The number of amides is 2. The van der Waals surface area contributed by atoms with E-state index < -0.39 is 17.4 Å². The lowest BCUT2D eigenvalue weighted by Crippen LogP contribution is -2.46. The van der Waals surface area contributed by atoms with Crippen LogP contribution in [0.25, 0.3) is 0 Å². The molecule has 0 spiro atoms. The predicted molar refractivity (Wildman–Crippen MR) is 82.4 cm³/mol. The summed E-state index contributed by atoms with van der Waals surface area (Å²) in [6.07, 6.45) is 1.88. The van der Waals surface area contributed by atoms with Gasteiger partial charge in [0, 0.05) is 18.6 Å². The highest BCUT2D eigenvalue weighted by Crippen LogP contribution is 2.24. The molecule has 0 fully saturated rings. The number of benzene rings is 1. The minimum Gasteiger partial charge on any atom is -0.386 e. The lowest BCUT2D eigenvalue weighted by Gasteiger charge is -2.22. The van der Waals surface area contributed by atoms with Crippen molar-refractivity contribution in [1.82, 2.24) is 5.32 Å². The van der Waals surface area contributed by atoms with Gasteiger partial charge in [0.2, 0.25) is 0 Å². The molecule has 1 aromatic rings. The summed E-state index contributed by atoms with van der Waals surface area (Å²) in [4.78, 5) is 24.4. The van der Waals surface area contributed by atoms with Gasteiger partial charge in [-0.2, -0.15) is 0 Å². The third-order valence-corrected chi connectivity index (χ3v) is 3.44. The third kappa shape index (κ3) is 5.74. The Bertz CT molecular complexity index is 506. The molecule has 21 heavy (non-hydrogen) atoms. The molecule has 0 aliphatic carbocycles. The van der Waals surface area contributed by atoms with E-state index in [2.05, 4.69) is 10.6 Å². The van der Waals surface area contributed by atoms with Crippen LogP contribution in [-0.4, -0.2) is 49.0 Å². The Labute approximate surface area is 128 Å². The molecule has 7 heteroatoms. The second kappa shape index (κ2) is 8.02. The Morgan fingerprint density at radius 1 is 1.33 bits per heavy atom. The molecule has 0 bridgehead atoms. The Kier molecular flexibility index (Phi) is 6.67. The van der Waals surface area contributed by atoms with E-state index in [9.17, 15) is 14.7 Å². The molecule has 2 amide bonds. The molecule has 0 aromatic heterocycles. The maximum Gasteiger partial charge on any atom is 0.313 e. The van der Waals surface area contributed by atoms with Crippen LogP contribution in [0.15, 0.2) is 29.2 Å². The van der Waals surface area contributed by atoms with E-state index in [1.54, 1.807) is 12.1 Å². The fraction of sp³-hybridized carbons (Fsp3) is 0.429. The molecule has 0 aliphatic rings. The molecule has 0 saturated carbocycles. The monoisotopic (exact) mass is 312 g/mol. The SMILES string of the molecule is COC[C@@](C)(O)CNC(=O)C(=O)Nc1ccccc1SC. The zero-order chi connectivity index (χ0) is 15.9. The van der Waals surface area contributed by atoms with E-state index in [0.717, 1.165) is 4.90 Å². The maximum atomic E-state index is 11.8. The summed E-state index contributed by atoms with van der Waals surface area (Å²) in [7, 11) is 1.45. The van der Waals surface area contributed by atoms with Gasteiger partial charge in [0.15, 0.2) is 0 Å². The third-order valence-electron chi connectivity index (χ3n) is 2.65. The average Bonchev–Trinajstić information content (AvgIpc) is 2.45. The van der Waals surface area contributed by atoms with Gasteiger partial charge in [0.25, 0.3) is 0 Å². The zero-order valence-corrected chi connectivity index (χ0v) is 13.1. The first kappa shape index (κ1) is 17.5. The van der Waals surface area contributed by atoms with Crippen LogP contribution in [-0.2, 0) is 14.3 Å². The number of hydrogen-bond acceptors (Lipinski definition) is 5. The van der Waals surface area contributed by atoms with Crippen molar-refractivity contribution in [2.75, 3.05) is 31.8 Å². The van der Waals surface area contributed by atoms with Crippen molar-refractivity contribution in [3.05, 3.63) is 24.3 Å². The summed E-state index contributed by atoms with van der Waals surface area (Å²) in [5.41, 5.74) is -0.643. The molecule has 1 rings (SSSR count). The van der Waals surface area contributed by atoms with Crippen LogP contribution in [0, 0.1) is 0 Å². The van der Waals surface area contributed by atoms with Crippen molar-refractivity contribution in [3.63, 3.8) is 0 Å². The van der Waals surface area contributed by atoms with Crippen LogP contribution >= 0.6 is 11.8 Å². The number of methoxy groups -OCH3 is 1. The molecule has 0 heterocycles. The summed E-state index contributed by atoms with van der Waals surface area (Å²) < 4.78 is 4.82. The van der Waals surface area contributed by atoms with Gasteiger partial charge in [-0.15, -0.1) is 11.8 Å². The van der Waals surface area contributed by atoms with Crippen LogP contribution in [0.4, 0.5) is 5.69 Å². The number of rotatable bonds is 6. The van der Waals surface area contributed by atoms with Gasteiger partial charge in [0.05, 0.1) is 12.3 Å². The van der Waals surface area contributed by atoms with Crippen LogP contribution in [0.2, 0.25) is 0 Å². The molecule has 0 saturated heterocycles. The quantitative estimate of drug-likeness (QED) is 0.536.